The average molecular weight is 264 g/mol. The van der Waals surface area contributed by atoms with Gasteiger partial charge in [0.1, 0.15) is 5.75 Å². The normalized spacial score (nSPS) is 23.7. The van der Waals surface area contributed by atoms with E-state index >= 15 is 0 Å². The van der Waals surface area contributed by atoms with Gasteiger partial charge < -0.3 is 15.2 Å². The molecule has 0 unspecified atom stereocenters. The van der Waals surface area contributed by atoms with Crippen LogP contribution in [-0.2, 0) is 4.74 Å². The minimum Gasteiger partial charge on any atom is -0.497 e. The number of rotatable bonds is 6. The minimum atomic E-state index is 0.189. The molecule has 1 aliphatic heterocycles. The standard InChI is InChI=1S/C15H24N2O2/c1-3-19-8-7-17-10-14(15(16)11-17)12-5-4-6-13(9-12)18-2/h4-6,9,14-15H,3,7-8,10-11,16H2,1-2H3/t14-,15+/m0/s1. The van der Waals surface area contributed by atoms with Crippen LogP contribution in [0.25, 0.3) is 0 Å². The van der Waals surface area contributed by atoms with E-state index in [1.54, 1.807) is 7.11 Å². The smallest absolute Gasteiger partial charge is 0.119 e. The number of likely N-dealkylation sites (tertiary alicyclic amines) is 1. The molecule has 1 saturated heterocycles. The number of nitrogens with two attached hydrogens (primary N) is 1. The van der Waals surface area contributed by atoms with Gasteiger partial charge in [0.15, 0.2) is 0 Å². The Morgan fingerprint density at radius 3 is 2.95 bits per heavy atom. The lowest BCUT2D eigenvalue weighted by Crippen LogP contribution is -2.30. The Bertz CT molecular complexity index is 397. The van der Waals surface area contributed by atoms with Gasteiger partial charge in [-0.25, -0.2) is 0 Å². The Balaban J connectivity index is 1.96. The largest absolute Gasteiger partial charge is 0.497 e. The zero-order valence-electron chi connectivity index (χ0n) is 11.8. The van der Waals surface area contributed by atoms with Gasteiger partial charge in [0.05, 0.1) is 13.7 Å². The van der Waals surface area contributed by atoms with Crippen LogP contribution in [0.5, 0.6) is 5.75 Å². The fourth-order valence-corrected chi connectivity index (χ4v) is 2.66. The lowest BCUT2D eigenvalue weighted by atomic mass is 9.95. The number of ether oxygens (including phenoxy) is 2. The van der Waals surface area contributed by atoms with Crippen molar-refractivity contribution in [2.45, 2.75) is 18.9 Å². The van der Waals surface area contributed by atoms with Gasteiger partial charge in [-0.05, 0) is 24.6 Å². The highest BCUT2D eigenvalue weighted by molar-refractivity contribution is 5.32. The molecule has 0 bridgehead atoms. The highest BCUT2D eigenvalue weighted by Gasteiger charge is 2.31. The second-order valence-electron chi connectivity index (χ2n) is 5.00. The summed E-state index contributed by atoms with van der Waals surface area (Å²) in [7, 11) is 1.70. The van der Waals surface area contributed by atoms with Crippen LogP contribution >= 0.6 is 0 Å². The van der Waals surface area contributed by atoms with Crippen molar-refractivity contribution < 1.29 is 9.47 Å². The van der Waals surface area contributed by atoms with Gasteiger partial charge >= 0.3 is 0 Å². The maximum Gasteiger partial charge on any atom is 0.119 e. The van der Waals surface area contributed by atoms with Crippen molar-refractivity contribution in [3.8, 4) is 5.75 Å². The van der Waals surface area contributed by atoms with Crippen LogP contribution < -0.4 is 10.5 Å². The molecule has 0 spiro atoms. The van der Waals surface area contributed by atoms with Crippen LogP contribution in [-0.4, -0.2) is 50.9 Å². The van der Waals surface area contributed by atoms with Gasteiger partial charge in [-0.15, -0.1) is 0 Å². The quantitative estimate of drug-likeness (QED) is 0.790. The van der Waals surface area contributed by atoms with E-state index in [9.17, 15) is 0 Å². The molecule has 0 aromatic heterocycles. The molecular formula is C15H24N2O2. The maximum atomic E-state index is 6.27. The van der Waals surface area contributed by atoms with E-state index in [1.165, 1.54) is 5.56 Å². The van der Waals surface area contributed by atoms with Gasteiger partial charge in [-0.1, -0.05) is 12.1 Å². The molecule has 0 aliphatic carbocycles. The van der Waals surface area contributed by atoms with Crippen molar-refractivity contribution in [2.75, 3.05) is 40.0 Å². The predicted octanol–water partition coefficient (Wildman–Crippen LogP) is 1.46. The van der Waals surface area contributed by atoms with Crippen molar-refractivity contribution in [2.24, 2.45) is 5.73 Å². The molecule has 19 heavy (non-hydrogen) atoms. The van der Waals surface area contributed by atoms with Crippen LogP contribution in [0.4, 0.5) is 0 Å². The van der Waals surface area contributed by atoms with Crippen molar-refractivity contribution in [1.82, 2.24) is 4.90 Å². The van der Waals surface area contributed by atoms with Crippen molar-refractivity contribution in [3.05, 3.63) is 29.8 Å². The summed E-state index contributed by atoms with van der Waals surface area (Å²) in [5.74, 6) is 1.29. The van der Waals surface area contributed by atoms with Crippen molar-refractivity contribution in [1.29, 1.82) is 0 Å². The lowest BCUT2D eigenvalue weighted by Gasteiger charge is -2.16. The Hall–Kier alpha value is -1.10. The van der Waals surface area contributed by atoms with Crippen LogP contribution in [0.1, 0.15) is 18.4 Å². The number of hydrogen-bond acceptors (Lipinski definition) is 4. The lowest BCUT2D eigenvalue weighted by molar-refractivity contribution is 0.121. The van der Waals surface area contributed by atoms with E-state index < -0.39 is 0 Å². The molecule has 2 rings (SSSR count). The van der Waals surface area contributed by atoms with E-state index in [4.69, 9.17) is 15.2 Å². The first-order valence-electron chi connectivity index (χ1n) is 6.94. The summed E-state index contributed by atoms with van der Waals surface area (Å²) in [4.78, 5) is 2.38. The van der Waals surface area contributed by atoms with Crippen LogP contribution in [0.2, 0.25) is 0 Å². The topological polar surface area (TPSA) is 47.7 Å². The summed E-state index contributed by atoms with van der Waals surface area (Å²) in [6.07, 6.45) is 0. The monoisotopic (exact) mass is 264 g/mol. The first kappa shape index (κ1) is 14.3. The SMILES string of the molecule is CCOCCN1C[C@@H](N)[C@H](c2cccc(OC)c2)C1. The molecule has 1 aromatic rings. The van der Waals surface area contributed by atoms with Crippen molar-refractivity contribution in [3.63, 3.8) is 0 Å². The highest BCUT2D eigenvalue weighted by Crippen LogP contribution is 2.28. The molecule has 4 heteroatoms. The van der Waals surface area contributed by atoms with Gasteiger partial charge in [-0.3, -0.25) is 4.90 Å². The zero-order chi connectivity index (χ0) is 13.7. The molecule has 0 amide bonds. The zero-order valence-corrected chi connectivity index (χ0v) is 11.8. The third kappa shape index (κ3) is 3.69. The highest BCUT2D eigenvalue weighted by atomic mass is 16.5. The Labute approximate surface area is 115 Å². The van der Waals surface area contributed by atoms with E-state index in [2.05, 4.69) is 17.0 Å². The molecule has 1 heterocycles. The summed E-state index contributed by atoms with van der Waals surface area (Å²) < 4.78 is 10.7. The molecule has 1 fully saturated rings. The summed E-state index contributed by atoms with van der Waals surface area (Å²) >= 11 is 0. The molecule has 2 N–H and O–H groups in total. The molecule has 106 valence electrons. The van der Waals surface area contributed by atoms with Gasteiger partial charge in [0.25, 0.3) is 0 Å². The first-order chi connectivity index (χ1) is 9.24. The van der Waals surface area contributed by atoms with Crippen molar-refractivity contribution >= 4 is 0 Å². The summed E-state index contributed by atoms with van der Waals surface area (Å²) in [5.41, 5.74) is 7.54. The molecule has 2 atom stereocenters. The summed E-state index contributed by atoms with van der Waals surface area (Å²) in [6.45, 7) is 6.49. The molecule has 1 aliphatic rings. The third-order valence-electron chi connectivity index (χ3n) is 3.72. The van der Waals surface area contributed by atoms with E-state index in [-0.39, 0.29) is 6.04 Å². The fraction of sp³-hybridized carbons (Fsp3) is 0.600. The first-order valence-corrected chi connectivity index (χ1v) is 6.94. The number of nitrogens with zero attached hydrogens (tertiary/aromatic N) is 1. The third-order valence-corrected chi connectivity index (χ3v) is 3.72. The molecule has 4 nitrogen and oxygen atoms in total. The minimum absolute atomic E-state index is 0.189. The molecule has 0 saturated carbocycles. The molecule has 1 aromatic carbocycles. The van der Waals surface area contributed by atoms with E-state index in [0.717, 1.165) is 38.6 Å². The van der Waals surface area contributed by atoms with Crippen LogP contribution in [0.15, 0.2) is 24.3 Å². The summed E-state index contributed by atoms with van der Waals surface area (Å²) in [5, 5.41) is 0. The Morgan fingerprint density at radius 2 is 2.21 bits per heavy atom. The fourth-order valence-electron chi connectivity index (χ4n) is 2.66. The maximum absolute atomic E-state index is 6.27. The molecular weight excluding hydrogens is 240 g/mol. The second kappa shape index (κ2) is 6.89. The van der Waals surface area contributed by atoms with Gasteiger partial charge in [0, 0.05) is 38.2 Å². The van der Waals surface area contributed by atoms with E-state index in [1.807, 2.05) is 19.1 Å². The second-order valence-corrected chi connectivity index (χ2v) is 5.00. The van der Waals surface area contributed by atoms with Crippen LogP contribution in [0.3, 0.4) is 0 Å². The van der Waals surface area contributed by atoms with Gasteiger partial charge in [-0.2, -0.15) is 0 Å². The number of benzene rings is 1. The predicted molar refractivity (Wildman–Crippen MR) is 76.6 cm³/mol. The average Bonchev–Trinajstić information content (AvgIpc) is 2.80. The number of methoxy groups -OCH3 is 1. The van der Waals surface area contributed by atoms with Gasteiger partial charge in [0.2, 0.25) is 0 Å². The number of hydrogen-bond donors (Lipinski definition) is 1. The van der Waals surface area contributed by atoms with E-state index in [0.29, 0.717) is 5.92 Å². The Kier molecular flexibility index (Phi) is 5.19. The molecule has 0 radical (unpaired) electrons. The van der Waals surface area contributed by atoms with Crippen LogP contribution in [0, 0.1) is 0 Å². The summed E-state index contributed by atoms with van der Waals surface area (Å²) in [6, 6.07) is 8.42. The Morgan fingerprint density at radius 1 is 1.37 bits per heavy atom.